The smallest absolute Gasteiger partial charge is 0.329 e. The van der Waals surface area contributed by atoms with Crippen LogP contribution in [0.25, 0.3) is 0 Å². The van der Waals surface area contributed by atoms with Gasteiger partial charge in [0.15, 0.2) is 0 Å². The van der Waals surface area contributed by atoms with Gasteiger partial charge in [-0.05, 0) is 57.4 Å². The third kappa shape index (κ3) is 6.58. The van der Waals surface area contributed by atoms with Crippen LogP contribution < -0.4 is 9.64 Å². The van der Waals surface area contributed by atoms with Crippen LogP contribution in [-0.2, 0) is 14.3 Å². The second-order valence-electron chi connectivity index (χ2n) is 7.27. The van der Waals surface area contributed by atoms with Crippen molar-refractivity contribution in [3.63, 3.8) is 0 Å². The van der Waals surface area contributed by atoms with Crippen LogP contribution in [0.2, 0.25) is 0 Å². The fourth-order valence-electron chi connectivity index (χ4n) is 2.43. The van der Waals surface area contributed by atoms with Crippen molar-refractivity contribution in [2.24, 2.45) is 5.92 Å². The minimum absolute atomic E-state index is 0.196. The standard InChI is InChI=1S/C19H28ClNO4/c1-13(2)11-16(18(23)25-19(3,4)5)21(17(22)12-20)14-7-9-15(24-6)10-8-14/h7-10,13,16H,11-12H2,1-6H3. The molecule has 0 aliphatic rings. The molecule has 1 atom stereocenters. The molecule has 6 heteroatoms. The minimum atomic E-state index is -0.737. The highest BCUT2D eigenvalue weighted by Gasteiger charge is 2.34. The van der Waals surface area contributed by atoms with E-state index < -0.39 is 17.6 Å². The molecule has 0 heterocycles. The summed E-state index contributed by atoms with van der Waals surface area (Å²) in [6, 6.07) is 6.22. The van der Waals surface area contributed by atoms with E-state index in [4.69, 9.17) is 21.1 Å². The van der Waals surface area contributed by atoms with E-state index in [2.05, 4.69) is 0 Å². The van der Waals surface area contributed by atoms with Crippen molar-refractivity contribution in [1.29, 1.82) is 0 Å². The quantitative estimate of drug-likeness (QED) is 0.538. The highest BCUT2D eigenvalue weighted by atomic mass is 35.5. The lowest BCUT2D eigenvalue weighted by Crippen LogP contribution is -2.49. The summed E-state index contributed by atoms with van der Waals surface area (Å²) in [5.74, 6) is -0.136. The molecule has 1 amide bonds. The van der Waals surface area contributed by atoms with Gasteiger partial charge >= 0.3 is 5.97 Å². The van der Waals surface area contributed by atoms with Crippen molar-refractivity contribution >= 4 is 29.2 Å². The molecule has 25 heavy (non-hydrogen) atoms. The van der Waals surface area contributed by atoms with E-state index >= 15 is 0 Å². The summed E-state index contributed by atoms with van der Waals surface area (Å²) in [4.78, 5) is 26.7. The summed E-state index contributed by atoms with van der Waals surface area (Å²) in [5.41, 5.74) is -0.0509. The molecule has 1 rings (SSSR count). The Morgan fingerprint density at radius 2 is 1.72 bits per heavy atom. The van der Waals surface area contributed by atoms with Gasteiger partial charge in [0.05, 0.1) is 7.11 Å². The summed E-state index contributed by atoms with van der Waals surface area (Å²) in [5, 5.41) is 0. The maximum atomic E-state index is 12.8. The third-order valence-corrected chi connectivity index (χ3v) is 3.65. The van der Waals surface area contributed by atoms with Crippen molar-refractivity contribution < 1.29 is 19.1 Å². The van der Waals surface area contributed by atoms with Gasteiger partial charge in [0, 0.05) is 5.69 Å². The Kier molecular flexibility index (Phi) is 7.74. The number of esters is 1. The van der Waals surface area contributed by atoms with Crippen LogP contribution in [0.15, 0.2) is 24.3 Å². The monoisotopic (exact) mass is 369 g/mol. The molecule has 1 aromatic rings. The number of carbonyl (C=O) groups is 2. The SMILES string of the molecule is COc1ccc(N(C(=O)CCl)C(CC(C)C)C(=O)OC(C)(C)C)cc1. The number of carbonyl (C=O) groups excluding carboxylic acids is 2. The van der Waals surface area contributed by atoms with Crippen molar-refractivity contribution in [3.05, 3.63) is 24.3 Å². The predicted octanol–water partition coefficient (Wildman–Crippen LogP) is 4.02. The first-order valence-electron chi connectivity index (χ1n) is 8.34. The van der Waals surface area contributed by atoms with Gasteiger partial charge in [-0.25, -0.2) is 4.79 Å². The van der Waals surface area contributed by atoms with Crippen molar-refractivity contribution in [2.75, 3.05) is 17.9 Å². The predicted molar refractivity (Wildman–Crippen MR) is 100 cm³/mol. The average molecular weight is 370 g/mol. The van der Waals surface area contributed by atoms with Crippen molar-refractivity contribution in [3.8, 4) is 5.75 Å². The Bertz CT molecular complexity index is 578. The fourth-order valence-corrected chi connectivity index (χ4v) is 2.56. The zero-order chi connectivity index (χ0) is 19.2. The summed E-state index contributed by atoms with van der Waals surface area (Å²) in [6.07, 6.45) is 0.476. The molecule has 0 fully saturated rings. The van der Waals surface area contributed by atoms with Crippen LogP contribution in [0.5, 0.6) is 5.75 Å². The van der Waals surface area contributed by atoms with E-state index in [9.17, 15) is 9.59 Å². The molecule has 5 nitrogen and oxygen atoms in total. The van der Waals surface area contributed by atoms with Crippen LogP contribution >= 0.6 is 11.6 Å². The number of rotatable bonds is 7. The zero-order valence-corrected chi connectivity index (χ0v) is 16.6. The molecule has 0 N–H and O–H groups in total. The van der Waals surface area contributed by atoms with Gasteiger partial charge in [-0.1, -0.05) is 13.8 Å². The molecule has 0 aromatic heterocycles. The molecular weight excluding hydrogens is 342 g/mol. The van der Waals surface area contributed by atoms with Crippen LogP contribution in [0.4, 0.5) is 5.69 Å². The number of amides is 1. The summed E-state index contributed by atoms with van der Waals surface area (Å²) < 4.78 is 10.7. The lowest BCUT2D eigenvalue weighted by atomic mass is 10.0. The van der Waals surface area contributed by atoms with Gasteiger partial charge < -0.3 is 9.47 Å². The van der Waals surface area contributed by atoms with E-state index in [-0.39, 0.29) is 17.7 Å². The van der Waals surface area contributed by atoms with Gasteiger partial charge in [0.25, 0.3) is 0 Å². The van der Waals surface area contributed by atoms with Crippen LogP contribution in [0.3, 0.4) is 0 Å². The van der Waals surface area contributed by atoms with E-state index in [1.165, 1.54) is 4.90 Å². The molecule has 0 saturated heterocycles. The van der Waals surface area contributed by atoms with Gasteiger partial charge in [-0.3, -0.25) is 9.69 Å². The largest absolute Gasteiger partial charge is 0.497 e. The lowest BCUT2D eigenvalue weighted by Gasteiger charge is -2.33. The molecule has 0 saturated carbocycles. The molecule has 0 aliphatic carbocycles. The van der Waals surface area contributed by atoms with Crippen LogP contribution in [0.1, 0.15) is 41.0 Å². The summed E-state index contributed by atoms with van der Waals surface area (Å²) >= 11 is 5.81. The van der Waals surface area contributed by atoms with E-state index in [0.29, 0.717) is 17.9 Å². The Morgan fingerprint density at radius 3 is 2.12 bits per heavy atom. The Hall–Kier alpha value is -1.75. The maximum absolute atomic E-state index is 12.8. The number of nitrogens with zero attached hydrogens (tertiary/aromatic N) is 1. The number of benzene rings is 1. The Labute approximate surface area is 155 Å². The van der Waals surface area contributed by atoms with Gasteiger partial charge in [0.1, 0.15) is 23.3 Å². The Morgan fingerprint density at radius 1 is 1.16 bits per heavy atom. The molecule has 0 aliphatic heterocycles. The Balaban J connectivity index is 3.27. The number of halogens is 1. The summed E-state index contributed by atoms with van der Waals surface area (Å²) in [7, 11) is 1.57. The maximum Gasteiger partial charge on any atom is 0.329 e. The van der Waals surface area contributed by atoms with Gasteiger partial charge in [-0.2, -0.15) is 0 Å². The number of alkyl halides is 1. The molecule has 140 valence electrons. The first kappa shape index (κ1) is 21.3. The highest BCUT2D eigenvalue weighted by Crippen LogP contribution is 2.26. The van der Waals surface area contributed by atoms with Gasteiger partial charge in [-0.15, -0.1) is 11.6 Å². The van der Waals surface area contributed by atoms with Crippen molar-refractivity contribution in [2.45, 2.75) is 52.7 Å². The van der Waals surface area contributed by atoms with E-state index in [0.717, 1.165) is 0 Å². The van der Waals surface area contributed by atoms with Gasteiger partial charge in [0.2, 0.25) is 5.91 Å². The summed E-state index contributed by atoms with van der Waals surface area (Å²) in [6.45, 7) is 9.40. The second-order valence-corrected chi connectivity index (χ2v) is 7.54. The zero-order valence-electron chi connectivity index (χ0n) is 15.8. The van der Waals surface area contributed by atoms with Crippen LogP contribution in [0, 0.1) is 5.92 Å². The number of anilines is 1. The van der Waals surface area contributed by atoms with E-state index in [1.807, 2.05) is 13.8 Å². The first-order chi connectivity index (χ1) is 11.6. The van der Waals surface area contributed by atoms with Crippen molar-refractivity contribution in [1.82, 2.24) is 0 Å². The number of hydrogen-bond donors (Lipinski definition) is 0. The number of hydrogen-bond acceptors (Lipinski definition) is 4. The van der Waals surface area contributed by atoms with Crippen LogP contribution in [-0.4, -0.2) is 36.5 Å². The molecular formula is C19H28ClNO4. The van der Waals surface area contributed by atoms with E-state index in [1.54, 1.807) is 52.1 Å². The molecule has 1 aromatic carbocycles. The normalized spacial score (nSPS) is 12.6. The fraction of sp³-hybridized carbons (Fsp3) is 0.579. The number of ether oxygens (including phenoxy) is 2. The molecule has 1 unspecified atom stereocenters. The third-order valence-electron chi connectivity index (χ3n) is 3.42. The molecule has 0 bridgehead atoms. The first-order valence-corrected chi connectivity index (χ1v) is 8.87. The molecule has 0 radical (unpaired) electrons. The minimum Gasteiger partial charge on any atom is -0.497 e. The number of methoxy groups -OCH3 is 1. The average Bonchev–Trinajstić information content (AvgIpc) is 2.52. The second kappa shape index (κ2) is 9.09. The molecule has 0 spiro atoms. The topological polar surface area (TPSA) is 55.8 Å². The lowest BCUT2D eigenvalue weighted by molar-refractivity contribution is -0.157. The highest BCUT2D eigenvalue weighted by molar-refractivity contribution is 6.29.